The fourth-order valence-corrected chi connectivity index (χ4v) is 75.1. The van der Waals surface area contributed by atoms with E-state index in [0.717, 1.165) is 158 Å². The normalized spacial score (nSPS) is 36.1. The summed E-state index contributed by atoms with van der Waals surface area (Å²) in [6, 6.07) is 86.9. The van der Waals surface area contributed by atoms with E-state index in [9.17, 15) is 8.23 Å². The molecule has 19 rings (SSSR count). The molecule has 8 aromatic carbocycles. The minimum absolute atomic E-state index is 0.307. The number of hydrogen-bond donors (Lipinski definition) is 0. The zero-order valence-corrected chi connectivity index (χ0v) is 83.1. The summed E-state index contributed by atoms with van der Waals surface area (Å²) in [5.41, 5.74) is -0.419. The highest BCUT2D eigenvalue weighted by Gasteiger charge is 2.80. The van der Waals surface area contributed by atoms with Gasteiger partial charge in [0.2, 0.25) is 0 Å². The van der Waals surface area contributed by atoms with E-state index in [1.165, 1.54) is 0 Å². The van der Waals surface area contributed by atoms with Crippen molar-refractivity contribution in [1.29, 1.82) is 0 Å². The van der Waals surface area contributed by atoms with E-state index in [0.29, 0.717) is 82.9 Å². The fourth-order valence-electron chi connectivity index (χ4n) is 20.1. The minimum atomic E-state index is -5.32. The Morgan fingerprint density at radius 3 is 0.933 bits per heavy atom. The summed E-state index contributed by atoms with van der Waals surface area (Å²) in [4.78, 5) is 0. The maximum absolute atomic E-state index is 9.21. The lowest BCUT2D eigenvalue weighted by Gasteiger charge is -2.45. The van der Waals surface area contributed by atoms with E-state index in [1.54, 1.807) is 0 Å². The molecule has 7 saturated heterocycles. The van der Waals surface area contributed by atoms with E-state index in [-0.39, 0.29) is 0 Å². The van der Waals surface area contributed by atoms with Gasteiger partial charge in [-0.2, -0.15) is 0 Å². The molecule has 18 nitrogen and oxygen atoms in total. The molecule has 11 fully saturated rings. The van der Waals surface area contributed by atoms with Crippen LogP contribution in [0.25, 0.3) is 0 Å². The first kappa shape index (κ1) is 85.1. The van der Waals surface area contributed by atoms with Crippen LogP contribution < -0.4 is 36.3 Å². The number of benzene rings is 8. The largest absolute Gasteiger partial charge is 0.522 e. The van der Waals surface area contributed by atoms with Crippen molar-refractivity contribution in [3.63, 3.8) is 0 Å². The Morgan fingerprint density at radius 1 is 0.300 bits per heavy atom. The van der Waals surface area contributed by atoms with Crippen molar-refractivity contribution in [2.45, 2.75) is 240 Å². The van der Waals surface area contributed by atoms with Gasteiger partial charge in [-0.25, -0.2) is 0 Å². The van der Waals surface area contributed by atoms with Gasteiger partial charge in [-0.1, -0.05) is 268 Å². The van der Waals surface area contributed by atoms with Gasteiger partial charge in [-0.3, -0.25) is 0 Å². The van der Waals surface area contributed by atoms with Gasteiger partial charge < -0.3 is 77.5 Å². The standard InChI is InChI=1S/C90H120O18Si12/c1-111(2,61-57-69-49-53-81-85(65-69)91-81)101-116(77-41-25-13-26-42-77)95-89(73-33-17-9-18-34-73)120(107-116)97-90-96-117(78-43-27-14-28-44-78,102-112(3,4)62-58-70-50-54-82-86(66-70)92-82)105-115(90,76-39-23-12-24-40-76)106-118(79-45-29-15-30-46-79,103-113(5,6)63-59-71-51-55-83-87(67-71)93-83)99-109(74-35-19-10-20-36-74)98-110(75-37-21-11-22-38-75)100-119(108-120,80-47-31-16-32-48-80)104-114(7,8)64-60-72-52-56-84-88(68-72)94-84/h9-48,69-72,81-90,109-110H,49-68H2,1-8H3. The lowest BCUT2D eigenvalue weighted by Crippen LogP contribution is -2.76. The van der Waals surface area contributed by atoms with Gasteiger partial charge in [0.1, 0.15) is 5.73 Å². The first-order valence-electron chi connectivity index (χ1n) is 44.7. The van der Waals surface area contributed by atoms with Gasteiger partial charge >= 0.3 is 71.2 Å². The lowest BCUT2D eigenvalue weighted by molar-refractivity contribution is -0.00944. The molecule has 120 heavy (non-hydrogen) atoms. The lowest BCUT2D eigenvalue weighted by atomic mass is 9.88. The Morgan fingerprint density at radius 2 is 0.583 bits per heavy atom. The van der Waals surface area contributed by atoms with Crippen molar-refractivity contribution in [1.82, 2.24) is 0 Å². The Hall–Kier alpha value is -4.36. The highest BCUT2D eigenvalue weighted by molar-refractivity contribution is 7.04. The summed E-state index contributed by atoms with van der Waals surface area (Å²) in [5, 5.41) is 5.39. The highest BCUT2D eigenvalue weighted by atomic mass is 28.5. The van der Waals surface area contributed by atoms with E-state index in [1.807, 2.05) is 12.1 Å². The Bertz CT molecular complexity index is 4740. The highest BCUT2D eigenvalue weighted by Crippen LogP contribution is 2.53. The molecular weight excluding hydrogens is 1710 g/mol. The molecule has 0 N–H and O–H groups in total. The molecule has 0 bridgehead atoms. The molecule has 30 heteroatoms. The van der Waals surface area contributed by atoms with Crippen LogP contribution in [0, 0.1) is 23.7 Å². The molecular formula is C90H120O18Si12. The van der Waals surface area contributed by atoms with Crippen LogP contribution >= 0.6 is 0 Å². The predicted octanol–water partition coefficient (Wildman–Crippen LogP) is 14.0. The van der Waals surface area contributed by atoms with Gasteiger partial charge in [0, 0.05) is 20.7 Å². The van der Waals surface area contributed by atoms with E-state index >= 15 is 0 Å². The van der Waals surface area contributed by atoms with E-state index in [2.05, 4.69) is 283 Å². The number of ether oxygens (including phenoxy) is 4. The molecule has 11 aliphatic rings. The first-order valence-corrected chi connectivity index (χ1v) is 70.8. The summed E-state index contributed by atoms with van der Waals surface area (Å²) in [7, 11) is -48.7. The molecule has 636 valence electrons. The van der Waals surface area contributed by atoms with Gasteiger partial charge in [-0.05, 0) is 198 Å². The van der Waals surface area contributed by atoms with Crippen LogP contribution in [0.1, 0.15) is 114 Å². The summed E-state index contributed by atoms with van der Waals surface area (Å²) in [6.07, 6.45) is 19.5. The van der Waals surface area contributed by atoms with Crippen LogP contribution in [0.15, 0.2) is 243 Å². The van der Waals surface area contributed by atoms with Crippen LogP contribution in [0.5, 0.6) is 0 Å². The third kappa shape index (κ3) is 19.1. The minimum Gasteiger partial charge on any atom is -0.413 e. The van der Waals surface area contributed by atoms with Crippen LogP contribution in [-0.2, 0) is 77.5 Å². The monoisotopic (exact) mass is 1820 g/mol. The Kier molecular flexibility index (Phi) is 24.8. The number of epoxide rings is 4. The molecule has 4 saturated carbocycles. The molecule has 7 heterocycles. The van der Waals surface area contributed by atoms with Crippen LogP contribution in [0.2, 0.25) is 76.6 Å². The summed E-state index contributed by atoms with van der Waals surface area (Å²) in [6.45, 7) is 18.7. The molecule has 0 amide bonds. The number of rotatable bonds is 28. The van der Waals surface area contributed by atoms with E-state index < -0.39 is 116 Å². The van der Waals surface area contributed by atoms with Crippen molar-refractivity contribution in [2.75, 3.05) is 0 Å². The zero-order chi connectivity index (χ0) is 82.0. The molecule has 0 aromatic heterocycles. The SMILES string of the molecule is C[Si](C)(CCC1CCC2OC2C1)O[Si]1(c2ccccc2)OC(c2ccccc2)[Si]2(OC3O[Si](O[Si](C)(C)CCC4CCC5OC5C4)(c4ccccc4)O[Si]3(c3ccccc3)O[Si](O[Si](C)(C)CCC3CCC4OC4C3)(c3ccccc3)O[SiH](c3ccccc3)O[SiH](c3ccccc3)O[Si](O[Si](C)(C)CCC3CCC4OC4C3)(c3ccccc3)O2)O1. The second kappa shape index (κ2) is 35.0. The molecule has 7 aliphatic heterocycles. The molecule has 1 spiro atoms. The Balaban J connectivity index is 0.881. The van der Waals surface area contributed by atoms with Gasteiger partial charge in [0.25, 0.3) is 0 Å². The molecule has 8 aromatic rings. The quantitative estimate of drug-likeness (QED) is 0.0333. The van der Waals surface area contributed by atoms with Crippen molar-refractivity contribution in [3.05, 3.63) is 248 Å². The van der Waals surface area contributed by atoms with Crippen molar-refractivity contribution in [2.24, 2.45) is 23.7 Å². The number of hydrogen-bond acceptors (Lipinski definition) is 18. The second-order valence-electron chi connectivity index (χ2n) is 38.2. The average Bonchev–Trinajstić information content (AvgIpc) is 1.53. The fraction of sp³-hybridized carbons (Fsp3) is 0.467. The zero-order valence-electron chi connectivity index (χ0n) is 70.8. The summed E-state index contributed by atoms with van der Waals surface area (Å²) < 4.78 is 148. The topological polar surface area (TPSA) is 179 Å². The van der Waals surface area contributed by atoms with Crippen molar-refractivity contribution in [3.8, 4) is 0 Å². The first-order chi connectivity index (χ1) is 58.0. The van der Waals surface area contributed by atoms with Gasteiger partial charge in [-0.15, -0.1) is 0 Å². The smallest absolute Gasteiger partial charge is 0.413 e. The third-order valence-electron chi connectivity index (χ3n) is 27.0. The molecule has 22 unspecified atom stereocenters. The summed E-state index contributed by atoms with van der Waals surface area (Å²) in [5.74, 6) is 0.332. The van der Waals surface area contributed by atoms with E-state index in [4.69, 9.17) is 69.3 Å². The maximum Gasteiger partial charge on any atom is 0.522 e. The van der Waals surface area contributed by atoms with Crippen molar-refractivity contribution >= 4 is 141 Å². The molecule has 4 aliphatic carbocycles. The predicted molar refractivity (Wildman–Crippen MR) is 491 cm³/mol. The molecule has 0 radical (unpaired) electrons. The van der Waals surface area contributed by atoms with Crippen LogP contribution in [0.3, 0.4) is 0 Å². The second-order valence-corrected chi connectivity index (χ2v) is 78.1. The average molecular weight is 1830 g/mol. The number of fused-ring (bicyclic) bond motifs is 5. The maximum atomic E-state index is 9.21. The summed E-state index contributed by atoms with van der Waals surface area (Å²) >= 11 is 0. The Labute approximate surface area is 724 Å². The van der Waals surface area contributed by atoms with Crippen LogP contribution in [0.4, 0.5) is 0 Å². The van der Waals surface area contributed by atoms with Gasteiger partial charge in [0.05, 0.1) is 48.8 Å². The molecule has 22 atom stereocenters. The van der Waals surface area contributed by atoms with Gasteiger partial charge in [0.15, 0.2) is 39.2 Å². The van der Waals surface area contributed by atoms with Crippen LogP contribution in [-0.4, -0.2) is 159 Å². The van der Waals surface area contributed by atoms with Crippen molar-refractivity contribution < 1.29 is 77.5 Å². The third-order valence-corrected chi connectivity index (χ3v) is 72.7.